The van der Waals surface area contributed by atoms with Crippen LogP contribution in [0.3, 0.4) is 0 Å². The normalized spacial score (nSPS) is 11.2. The third-order valence-electron chi connectivity index (χ3n) is 1.95. The molecular weight excluding hydrogens is 283 g/mol. The molecule has 1 aromatic rings. The van der Waals surface area contributed by atoms with Gasteiger partial charge in [0.15, 0.2) is 0 Å². The van der Waals surface area contributed by atoms with Gasteiger partial charge in [0.2, 0.25) is 0 Å². The quantitative estimate of drug-likeness (QED) is 0.638. The summed E-state index contributed by atoms with van der Waals surface area (Å²) in [4.78, 5) is 0. The van der Waals surface area contributed by atoms with Gasteiger partial charge in [0, 0.05) is 16.7 Å². The van der Waals surface area contributed by atoms with Gasteiger partial charge in [-0.05, 0) is 24.6 Å². The van der Waals surface area contributed by atoms with Gasteiger partial charge in [-0.15, -0.1) is 6.58 Å². The van der Waals surface area contributed by atoms with E-state index in [2.05, 4.69) is 27.8 Å². The van der Waals surface area contributed by atoms with Gasteiger partial charge in [-0.2, -0.15) is 13.2 Å². The summed E-state index contributed by atoms with van der Waals surface area (Å²) >= 11 is 3.14. The van der Waals surface area contributed by atoms with Crippen molar-refractivity contribution in [3.05, 3.63) is 40.9 Å². The van der Waals surface area contributed by atoms with Gasteiger partial charge >= 0.3 is 6.18 Å². The van der Waals surface area contributed by atoms with Crippen molar-refractivity contribution in [2.45, 2.75) is 12.6 Å². The molecule has 0 radical (unpaired) electrons. The highest BCUT2D eigenvalue weighted by Crippen LogP contribution is 2.36. The fourth-order valence-electron chi connectivity index (χ4n) is 1.22. The van der Waals surface area contributed by atoms with Gasteiger partial charge in [-0.3, -0.25) is 0 Å². The molecule has 0 bridgehead atoms. The minimum absolute atomic E-state index is 0.0868. The van der Waals surface area contributed by atoms with E-state index in [0.29, 0.717) is 17.4 Å². The first kappa shape index (κ1) is 13.1. The molecule has 0 unspecified atom stereocenters. The van der Waals surface area contributed by atoms with Crippen LogP contribution in [0.1, 0.15) is 12.0 Å². The summed E-state index contributed by atoms with van der Waals surface area (Å²) in [5.74, 6) is 0. The Hall–Kier alpha value is -0.970. The van der Waals surface area contributed by atoms with Crippen LogP contribution in [0.5, 0.6) is 0 Å². The largest absolute Gasteiger partial charge is 0.418 e. The molecule has 0 saturated carbocycles. The summed E-state index contributed by atoms with van der Waals surface area (Å²) in [7, 11) is 0. The zero-order valence-electron chi connectivity index (χ0n) is 8.44. The van der Waals surface area contributed by atoms with Crippen LogP contribution in [-0.2, 0) is 6.18 Å². The molecule has 0 atom stereocenters. The lowest BCUT2D eigenvalue weighted by Gasteiger charge is -2.14. The van der Waals surface area contributed by atoms with E-state index in [1.54, 1.807) is 6.08 Å². The molecule has 0 aliphatic carbocycles. The first-order valence-electron chi connectivity index (χ1n) is 4.66. The molecule has 1 aromatic carbocycles. The van der Waals surface area contributed by atoms with Gasteiger partial charge in [0.25, 0.3) is 0 Å². The maximum Gasteiger partial charge on any atom is 0.418 e. The average molecular weight is 294 g/mol. The van der Waals surface area contributed by atoms with E-state index in [0.717, 1.165) is 6.07 Å². The summed E-state index contributed by atoms with van der Waals surface area (Å²) in [5.41, 5.74) is -0.566. The minimum Gasteiger partial charge on any atom is -0.384 e. The van der Waals surface area contributed by atoms with Crippen LogP contribution >= 0.6 is 15.9 Å². The summed E-state index contributed by atoms with van der Waals surface area (Å²) in [5, 5.41) is 2.74. The van der Waals surface area contributed by atoms with Gasteiger partial charge in [0.05, 0.1) is 5.56 Å². The monoisotopic (exact) mass is 293 g/mol. The van der Waals surface area contributed by atoms with Crippen LogP contribution in [0.15, 0.2) is 35.3 Å². The fourth-order valence-corrected chi connectivity index (χ4v) is 1.58. The number of hydrogen-bond donors (Lipinski definition) is 1. The van der Waals surface area contributed by atoms with Crippen molar-refractivity contribution in [2.75, 3.05) is 11.9 Å². The number of alkyl halides is 3. The zero-order chi connectivity index (χ0) is 12.2. The Bertz CT molecular complexity index is 374. The first-order valence-corrected chi connectivity index (χ1v) is 5.46. The van der Waals surface area contributed by atoms with E-state index in [1.807, 2.05) is 0 Å². The fraction of sp³-hybridized carbons (Fsp3) is 0.273. The molecule has 1 nitrogen and oxygen atoms in total. The Morgan fingerprint density at radius 1 is 1.38 bits per heavy atom. The SMILES string of the molecule is C=CCCNc1cc(Br)ccc1C(F)(F)F. The van der Waals surface area contributed by atoms with Crippen LogP contribution in [-0.4, -0.2) is 6.54 Å². The molecular formula is C11H11BrF3N. The van der Waals surface area contributed by atoms with E-state index in [1.165, 1.54) is 12.1 Å². The molecule has 0 fully saturated rings. The molecule has 88 valence electrons. The topological polar surface area (TPSA) is 12.0 Å². The highest BCUT2D eigenvalue weighted by atomic mass is 79.9. The molecule has 0 aliphatic rings. The summed E-state index contributed by atoms with van der Waals surface area (Å²) in [6.07, 6.45) is -2.07. The second-order valence-electron chi connectivity index (χ2n) is 3.19. The lowest BCUT2D eigenvalue weighted by Crippen LogP contribution is -2.11. The van der Waals surface area contributed by atoms with E-state index in [9.17, 15) is 13.2 Å². The third-order valence-corrected chi connectivity index (χ3v) is 2.44. The van der Waals surface area contributed by atoms with Gasteiger partial charge in [0.1, 0.15) is 0 Å². The van der Waals surface area contributed by atoms with Crippen molar-refractivity contribution in [3.63, 3.8) is 0 Å². The summed E-state index contributed by atoms with van der Waals surface area (Å²) in [6, 6.07) is 3.85. The Morgan fingerprint density at radius 2 is 2.06 bits per heavy atom. The minimum atomic E-state index is -4.34. The molecule has 1 N–H and O–H groups in total. The number of benzene rings is 1. The molecule has 0 aromatic heterocycles. The highest BCUT2D eigenvalue weighted by molar-refractivity contribution is 9.10. The second-order valence-corrected chi connectivity index (χ2v) is 4.11. The molecule has 0 heterocycles. The second kappa shape index (κ2) is 5.39. The predicted octanol–water partition coefficient (Wildman–Crippen LogP) is 4.46. The number of hydrogen-bond acceptors (Lipinski definition) is 1. The maximum atomic E-state index is 12.6. The van der Waals surface area contributed by atoms with E-state index >= 15 is 0 Å². The van der Waals surface area contributed by atoms with Gasteiger partial charge < -0.3 is 5.32 Å². The summed E-state index contributed by atoms with van der Waals surface area (Å²) in [6.45, 7) is 3.94. The van der Waals surface area contributed by atoms with Crippen molar-refractivity contribution in [2.24, 2.45) is 0 Å². The maximum absolute atomic E-state index is 12.6. The molecule has 5 heteroatoms. The Balaban J connectivity index is 2.94. The Morgan fingerprint density at radius 3 is 2.62 bits per heavy atom. The average Bonchev–Trinajstić information content (AvgIpc) is 2.16. The summed E-state index contributed by atoms with van der Waals surface area (Å²) < 4.78 is 38.5. The molecule has 1 rings (SSSR count). The van der Waals surface area contributed by atoms with Crippen molar-refractivity contribution in [1.29, 1.82) is 0 Å². The first-order chi connectivity index (χ1) is 7.45. The van der Waals surface area contributed by atoms with Crippen molar-refractivity contribution < 1.29 is 13.2 Å². The van der Waals surface area contributed by atoms with Crippen LogP contribution in [0.25, 0.3) is 0 Å². The number of nitrogens with one attached hydrogen (secondary N) is 1. The van der Waals surface area contributed by atoms with Crippen LogP contribution in [0, 0.1) is 0 Å². The van der Waals surface area contributed by atoms with E-state index in [4.69, 9.17) is 0 Å². The number of anilines is 1. The lowest BCUT2D eigenvalue weighted by atomic mass is 10.1. The van der Waals surface area contributed by atoms with Gasteiger partial charge in [-0.1, -0.05) is 22.0 Å². The number of halogens is 4. The van der Waals surface area contributed by atoms with Crippen molar-refractivity contribution >= 4 is 21.6 Å². The molecule has 0 saturated heterocycles. The van der Waals surface area contributed by atoms with Crippen LogP contribution in [0.4, 0.5) is 18.9 Å². The highest BCUT2D eigenvalue weighted by Gasteiger charge is 2.33. The van der Waals surface area contributed by atoms with Crippen LogP contribution in [0.2, 0.25) is 0 Å². The third kappa shape index (κ3) is 3.56. The van der Waals surface area contributed by atoms with E-state index in [-0.39, 0.29) is 5.69 Å². The molecule has 16 heavy (non-hydrogen) atoms. The molecule has 0 aliphatic heterocycles. The zero-order valence-corrected chi connectivity index (χ0v) is 10.0. The van der Waals surface area contributed by atoms with Gasteiger partial charge in [-0.25, -0.2) is 0 Å². The van der Waals surface area contributed by atoms with E-state index < -0.39 is 11.7 Å². The molecule has 0 amide bonds. The Labute approximate surface area is 100 Å². The van der Waals surface area contributed by atoms with Crippen LogP contribution < -0.4 is 5.32 Å². The van der Waals surface area contributed by atoms with Crippen molar-refractivity contribution in [3.8, 4) is 0 Å². The van der Waals surface area contributed by atoms with Crippen molar-refractivity contribution in [1.82, 2.24) is 0 Å². The number of rotatable bonds is 4. The Kier molecular flexibility index (Phi) is 4.41. The standard InChI is InChI=1S/C11H11BrF3N/c1-2-3-6-16-10-7-8(12)4-5-9(10)11(13,14)15/h2,4-5,7,16H,1,3,6H2. The molecule has 0 spiro atoms. The smallest absolute Gasteiger partial charge is 0.384 e. The predicted molar refractivity (Wildman–Crippen MR) is 62.4 cm³/mol. The lowest BCUT2D eigenvalue weighted by molar-refractivity contribution is -0.136.